The molecule has 6 nitrogen and oxygen atoms in total. The van der Waals surface area contributed by atoms with Crippen LogP contribution < -0.4 is 5.32 Å². The number of amides is 1. The fraction of sp³-hybridized carbons (Fsp3) is 0.941. The molecule has 0 aromatic rings. The van der Waals surface area contributed by atoms with Crippen molar-refractivity contribution in [2.24, 2.45) is 0 Å². The third-order valence-electron chi connectivity index (χ3n) is 16.1. The molecule has 0 aliphatic carbocycles. The Bertz CT molecular complexity index is 1110. The van der Waals surface area contributed by atoms with Crippen LogP contribution in [0.5, 0.6) is 0 Å². The van der Waals surface area contributed by atoms with Crippen LogP contribution in [0.15, 0.2) is 12.2 Å². The standard InChI is InChI=1S/C68H133NO5/c1-3-5-7-9-11-13-14-15-35-39-42-46-50-54-58-62-68(73)74-63-59-55-51-47-43-40-37-34-32-30-28-26-24-22-20-18-16-17-19-21-23-25-27-29-31-33-36-38-41-45-49-53-57-61-67(72)69-65(64-70)66(71)60-56-52-48-44-12-10-8-6-4-2/h15,35,65-66,70-71H,3-14,16-34,36-64H2,1-2H3,(H,69,72)/b35-15-. The number of aliphatic hydroxyl groups excluding tert-OH is 2. The van der Waals surface area contributed by atoms with E-state index in [4.69, 9.17) is 4.74 Å². The molecule has 440 valence electrons. The molecule has 0 aliphatic heterocycles. The van der Waals surface area contributed by atoms with Crippen LogP contribution in [0.4, 0.5) is 0 Å². The van der Waals surface area contributed by atoms with E-state index in [1.807, 2.05) is 0 Å². The van der Waals surface area contributed by atoms with E-state index in [-0.39, 0.29) is 18.5 Å². The van der Waals surface area contributed by atoms with E-state index in [9.17, 15) is 19.8 Å². The van der Waals surface area contributed by atoms with Crippen LogP contribution in [0.2, 0.25) is 0 Å². The number of allylic oxidation sites excluding steroid dienone is 2. The maximum Gasteiger partial charge on any atom is 0.305 e. The molecule has 74 heavy (non-hydrogen) atoms. The minimum absolute atomic E-state index is 0.0143. The molecule has 2 atom stereocenters. The Hall–Kier alpha value is -1.40. The van der Waals surface area contributed by atoms with Crippen molar-refractivity contribution in [3.05, 3.63) is 12.2 Å². The SMILES string of the molecule is CCCCCCCC/C=C\CCCCCCCC(=O)OCCCCCCCCCCCCCCCCCCCCCCCCCCCCCCCCCCCC(=O)NC(CO)C(O)CCCCCCCCCCC. The van der Waals surface area contributed by atoms with E-state index in [1.165, 1.54) is 308 Å². The van der Waals surface area contributed by atoms with Crippen LogP contribution in [-0.4, -0.2) is 47.4 Å². The molecule has 0 heterocycles. The number of carbonyl (C=O) groups excluding carboxylic acids is 2. The van der Waals surface area contributed by atoms with E-state index in [1.54, 1.807) is 0 Å². The van der Waals surface area contributed by atoms with Gasteiger partial charge >= 0.3 is 5.97 Å². The highest BCUT2D eigenvalue weighted by Gasteiger charge is 2.20. The molecular weight excluding hydrogens is 911 g/mol. The maximum atomic E-state index is 12.4. The Morgan fingerprint density at radius 3 is 0.959 bits per heavy atom. The van der Waals surface area contributed by atoms with Crippen LogP contribution in [0, 0.1) is 0 Å². The molecule has 6 heteroatoms. The molecule has 2 unspecified atom stereocenters. The summed E-state index contributed by atoms with van der Waals surface area (Å²) in [6.07, 6.45) is 78.5. The highest BCUT2D eigenvalue weighted by Crippen LogP contribution is 2.19. The number of rotatable bonds is 64. The summed E-state index contributed by atoms with van der Waals surface area (Å²) in [5.41, 5.74) is 0. The summed E-state index contributed by atoms with van der Waals surface area (Å²) in [6, 6.07) is -0.534. The fourth-order valence-corrected chi connectivity index (χ4v) is 10.9. The van der Waals surface area contributed by atoms with E-state index >= 15 is 0 Å². The quantitative estimate of drug-likeness (QED) is 0.0320. The van der Waals surface area contributed by atoms with Crippen molar-refractivity contribution in [3.8, 4) is 0 Å². The van der Waals surface area contributed by atoms with Crippen LogP contribution in [-0.2, 0) is 14.3 Å². The Morgan fingerprint density at radius 2 is 0.635 bits per heavy atom. The van der Waals surface area contributed by atoms with Crippen molar-refractivity contribution >= 4 is 11.9 Å². The van der Waals surface area contributed by atoms with Crippen LogP contribution >= 0.6 is 0 Å². The average molecular weight is 1040 g/mol. The number of esters is 1. The third kappa shape index (κ3) is 59.8. The zero-order valence-corrected chi connectivity index (χ0v) is 50.4. The molecule has 0 rings (SSSR count). The first-order valence-electron chi connectivity index (χ1n) is 33.9. The van der Waals surface area contributed by atoms with Crippen molar-refractivity contribution < 1.29 is 24.5 Å². The number of nitrogens with one attached hydrogen (secondary N) is 1. The number of unbranched alkanes of at least 4 members (excludes halogenated alkanes) is 51. The number of carbonyl (C=O) groups is 2. The lowest BCUT2D eigenvalue weighted by molar-refractivity contribution is -0.143. The van der Waals surface area contributed by atoms with Gasteiger partial charge in [0.25, 0.3) is 0 Å². The fourth-order valence-electron chi connectivity index (χ4n) is 10.9. The average Bonchev–Trinajstić information content (AvgIpc) is 3.40. The van der Waals surface area contributed by atoms with Gasteiger partial charge in [-0.15, -0.1) is 0 Å². The van der Waals surface area contributed by atoms with Gasteiger partial charge in [0, 0.05) is 12.8 Å². The van der Waals surface area contributed by atoms with Crippen LogP contribution in [0.25, 0.3) is 0 Å². The topological polar surface area (TPSA) is 95.9 Å². The summed E-state index contributed by atoms with van der Waals surface area (Å²) in [4.78, 5) is 24.5. The molecule has 0 spiro atoms. The lowest BCUT2D eigenvalue weighted by atomic mass is 10.0. The highest BCUT2D eigenvalue weighted by molar-refractivity contribution is 5.76. The summed E-state index contributed by atoms with van der Waals surface area (Å²) < 4.78 is 5.49. The van der Waals surface area contributed by atoms with Crippen molar-refractivity contribution in [1.82, 2.24) is 5.32 Å². The summed E-state index contributed by atoms with van der Waals surface area (Å²) >= 11 is 0. The summed E-state index contributed by atoms with van der Waals surface area (Å²) in [5.74, 6) is -0.0163. The Kier molecular flexibility index (Phi) is 62.9. The molecule has 0 radical (unpaired) electrons. The van der Waals surface area contributed by atoms with Gasteiger partial charge in [0.05, 0.1) is 25.4 Å². The van der Waals surface area contributed by atoms with Crippen molar-refractivity contribution in [3.63, 3.8) is 0 Å². The van der Waals surface area contributed by atoms with Crippen molar-refractivity contribution in [1.29, 1.82) is 0 Å². The number of hydrogen-bond donors (Lipinski definition) is 3. The van der Waals surface area contributed by atoms with Gasteiger partial charge in [-0.25, -0.2) is 0 Å². The lowest BCUT2D eigenvalue weighted by Crippen LogP contribution is -2.45. The lowest BCUT2D eigenvalue weighted by Gasteiger charge is -2.22. The van der Waals surface area contributed by atoms with Crippen molar-refractivity contribution in [2.45, 2.75) is 398 Å². The molecule has 0 aromatic carbocycles. The van der Waals surface area contributed by atoms with Gasteiger partial charge in [0.2, 0.25) is 5.91 Å². The highest BCUT2D eigenvalue weighted by atomic mass is 16.5. The van der Waals surface area contributed by atoms with E-state index in [2.05, 4.69) is 31.3 Å². The second-order valence-electron chi connectivity index (χ2n) is 23.5. The number of hydrogen-bond acceptors (Lipinski definition) is 5. The minimum Gasteiger partial charge on any atom is -0.466 e. The Balaban J connectivity index is 3.27. The number of aliphatic hydroxyl groups is 2. The van der Waals surface area contributed by atoms with E-state index in [0.29, 0.717) is 25.9 Å². The van der Waals surface area contributed by atoms with Crippen molar-refractivity contribution in [2.75, 3.05) is 13.2 Å². The van der Waals surface area contributed by atoms with E-state index < -0.39 is 12.1 Å². The first kappa shape index (κ1) is 72.6. The summed E-state index contributed by atoms with van der Waals surface area (Å²) in [5, 5.41) is 23.1. The molecule has 0 aliphatic rings. The zero-order valence-electron chi connectivity index (χ0n) is 50.4. The molecule has 0 fully saturated rings. The molecular formula is C68H133NO5. The molecule has 1 amide bonds. The third-order valence-corrected chi connectivity index (χ3v) is 16.1. The van der Waals surface area contributed by atoms with E-state index in [0.717, 1.165) is 44.9 Å². The normalized spacial score (nSPS) is 12.5. The molecule has 0 saturated heterocycles. The Labute approximate surface area is 463 Å². The predicted molar refractivity (Wildman–Crippen MR) is 324 cm³/mol. The predicted octanol–water partition coefficient (Wildman–Crippen LogP) is 21.6. The smallest absolute Gasteiger partial charge is 0.305 e. The molecule has 0 bridgehead atoms. The van der Waals surface area contributed by atoms with Gasteiger partial charge in [0.1, 0.15) is 0 Å². The zero-order chi connectivity index (χ0) is 53.6. The van der Waals surface area contributed by atoms with Gasteiger partial charge < -0.3 is 20.3 Å². The maximum absolute atomic E-state index is 12.4. The van der Waals surface area contributed by atoms with Crippen LogP contribution in [0.1, 0.15) is 386 Å². The largest absolute Gasteiger partial charge is 0.466 e. The van der Waals surface area contributed by atoms with Gasteiger partial charge in [-0.2, -0.15) is 0 Å². The molecule has 3 N–H and O–H groups in total. The van der Waals surface area contributed by atoms with Gasteiger partial charge in [0.15, 0.2) is 0 Å². The summed E-state index contributed by atoms with van der Waals surface area (Å²) in [6.45, 7) is 4.95. The second kappa shape index (κ2) is 64.1. The second-order valence-corrected chi connectivity index (χ2v) is 23.5. The summed E-state index contributed by atoms with van der Waals surface area (Å²) in [7, 11) is 0. The van der Waals surface area contributed by atoms with Gasteiger partial charge in [-0.1, -0.05) is 334 Å². The van der Waals surface area contributed by atoms with Gasteiger partial charge in [-0.05, 0) is 51.4 Å². The molecule has 0 saturated carbocycles. The first-order chi connectivity index (χ1) is 36.5. The minimum atomic E-state index is -0.657. The Morgan fingerprint density at radius 1 is 0.365 bits per heavy atom. The monoisotopic (exact) mass is 1040 g/mol. The van der Waals surface area contributed by atoms with Gasteiger partial charge in [-0.3, -0.25) is 9.59 Å². The molecule has 0 aromatic heterocycles. The number of ether oxygens (including phenoxy) is 1. The van der Waals surface area contributed by atoms with Crippen LogP contribution in [0.3, 0.4) is 0 Å². The first-order valence-corrected chi connectivity index (χ1v) is 33.9.